The fourth-order valence-corrected chi connectivity index (χ4v) is 3.55. The van der Waals surface area contributed by atoms with Gasteiger partial charge in [0, 0.05) is 38.3 Å². The van der Waals surface area contributed by atoms with Gasteiger partial charge in [-0.25, -0.2) is 0 Å². The zero-order chi connectivity index (χ0) is 18.4. The van der Waals surface area contributed by atoms with Gasteiger partial charge in [0.2, 0.25) is 0 Å². The van der Waals surface area contributed by atoms with Crippen LogP contribution in [0.15, 0.2) is 48.5 Å². The molecule has 134 valence electrons. The van der Waals surface area contributed by atoms with Gasteiger partial charge in [-0.15, -0.1) is 6.42 Å². The molecule has 3 nitrogen and oxygen atoms in total. The number of benzene rings is 2. The van der Waals surface area contributed by atoms with Gasteiger partial charge < -0.3 is 9.64 Å². The molecule has 1 heterocycles. The number of rotatable bonds is 5. The molecule has 1 fully saturated rings. The zero-order valence-corrected chi connectivity index (χ0v) is 16.1. The molecule has 0 amide bonds. The highest BCUT2D eigenvalue weighted by Gasteiger charge is 2.20. The molecule has 0 saturated carbocycles. The van der Waals surface area contributed by atoms with Crippen molar-refractivity contribution in [2.75, 3.05) is 32.8 Å². The van der Waals surface area contributed by atoms with Crippen molar-refractivity contribution in [1.82, 2.24) is 9.80 Å². The molecule has 1 aliphatic heterocycles. The number of ether oxygens (including phenoxy) is 1. The lowest BCUT2D eigenvalue weighted by Crippen LogP contribution is -2.48. The number of halogens is 1. The van der Waals surface area contributed by atoms with Gasteiger partial charge in [0.15, 0.2) is 0 Å². The van der Waals surface area contributed by atoms with E-state index in [-0.39, 0.29) is 6.61 Å². The Bertz CT molecular complexity index is 795. The summed E-state index contributed by atoms with van der Waals surface area (Å²) in [6.45, 7) is 5.00. The fourth-order valence-electron chi connectivity index (χ4n) is 3.00. The van der Waals surface area contributed by atoms with Crippen molar-refractivity contribution in [3.05, 3.63) is 64.7 Å². The van der Waals surface area contributed by atoms with Gasteiger partial charge >= 0.3 is 0 Å². The molecule has 2 aromatic rings. The zero-order valence-electron chi connectivity index (χ0n) is 14.5. The SMILES string of the molecule is C#CCOc1ccc(C(=S)N2CCN(Cc3ccccc3)CC2)cc1Cl. The Morgan fingerprint density at radius 3 is 2.50 bits per heavy atom. The number of nitrogens with zero attached hydrogens (tertiary/aromatic N) is 2. The van der Waals surface area contributed by atoms with Crippen LogP contribution >= 0.6 is 23.8 Å². The first-order valence-electron chi connectivity index (χ1n) is 8.59. The summed E-state index contributed by atoms with van der Waals surface area (Å²) in [5, 5.41) is 0.530. The molecule has 3 rings (SSSR count). The van der Waals surface area contributed by atoms with Crippen LogP contribution in [0.3, 0.4) is 0 Å². The van der Waals surface area contributed by atoms with Gasteiger partial charge in [0.25, 0.3) is 0 Å². The summed E-state index contributed by atoms with van der Waals surface area (Å²) < 4.78 is 5.41. The molecular formula is C21H21ClN2OS. The molecule has 0 unspecified atom stereocenters. The third kappa shape index (κ3) is 4.76. The van der Waals surface area contributed by atoms with E-state index < -0.39 is 0 Å². The van der Waals surface area contributed by atoms with E-state index in [1.807, 2.05) is 24.3 Å². The van der Waals surface area contributed by atoms with Crippen LogP contribution in [-0.2, 0) is 6.54 Å². The first kappa shape index (κ1) is 18.7. The molecule has 1 saturated heterocycles. The molecule has 0 N–H and O–H groups in total. The number of hydrogen-bond acceptors (Lipinski definition) is 3. The van der Waals surface area contributed by atoms with Crippen LogP contribution in [0.25, 0.3) is 0 Å². The minimum atomic E-state index is 0.201. The van der Waals surface area contributed by atoms with Crippen LogP contribution in [0.1, 0.15) is 11.1 Å². The Morgan fingerprint density at radius 1 is 1.12 bits per heavy atom. The predicted molar refractivity (Wildman–Crippen MR) is 111 cm³/mol. The van der Waals surface area contributed by atoms with Gasteiger partial charge in [-0.1, -0.05) is 60.1 Å². The van der Waals surface area contributed by atoms with Crippen LogP contribution in [-0.4, -0.2) is 47.6 Å². The maximum atomic E-state index is 6.28. The smallest absolute Gasteiger partial charge is 0.148 e. The van der Waals surface area contributed by atoms with Crippen molar-refractivity contribution in [3.63, 3.8) is 0 Å². The van der Waals surface area contributed by atoms with Crippen molar-refractivity contribution in [2.45, 2.75) is 6.54 Å². The summed E-state index contributed by atoms with van der Waals surface area (Å²) in [5.41, 5.74) is 2.28. The highest BCUT2D eigenvalue weighted by molar-refractivity contribution is 7.80. The van der Waals surface area contributed by atoms with Crippen molar-refractivity contribution in [1.29, 1.82) is 0 Å². The van der Waals surface area contributed by atoms with Gasteiger partial charge in [0.1, 0.15) is 17.3 Å². The summed E-state index contributed by atoms with van der Waals surface area (Å²) in [5.74, 6) is 3.02. The highest BCUT2D eigenvalue weighted by Crippen LogP contribution is 2.26. The molecule has 0 aromatic heterocycles. The van der Waals surface area contributed by atoms with Crippen molar-refractivity contribution >= 4 is 28.8 Å². The summed E-state index contributed by atoms with van der Waals surface area (Å²) >= 11 is 12.0. The van der Waals surface area contributed by atoms with Crippen molar-refractivity contribution in [2.24, 2.45) is 0 Å². The number of piperazine rings is 1. The lowest BCUT2D eigenvalue weighted by atomic mass is 10.1. The van der Waals surface area contributed by atoms with E-state index in [4.69, 9.17) is 35.0 Å². The Kier molecular flexibility index (Phi) is 6.51. The van der Waals surface area contributed by atoms with Crippen molar-refractivity contribution in [3.8, 4) is 18.1 Å². The quantitative estimate of drug-likeness (QED) is 0.574. The van der Waals surface area contributed by atoms with E-state index in [0.717, 1.165) is 43.3 Å². The lowest BCUT2D eigenvalue weighted by Gasteiger charge is -2.36. The van der Waals surface area contributed by atoms with E-state index in [2.05, 4.69) is 40.0 Å². The molecule has 0 aliphatic carbocycles. The second-order valence-electron chi connectivity index (χ2n) is 6.19. The molecule has 26 heavy (non-hydrogen) atoms. The summed E-state index contributed by atoms with van der Waals surface area (Å²) in [7, 11) is 0. The Balaban J connectivity index is 1.56. The molecule has 0 atom stereocenters. The molecular weight excluding hydrogens is 364 g/mol. The molecule has 0 radical (unpaired) electrons. The third-order valence-electron chi connectivity index (χ3n) is 4.40. The van der Waals surface area contributed by atoms with Crippen LogP contribution in [0.5, 0.6) is 5.75 Å². The molecule has 5 heteroatoms. The first-order chi connectivity index (χ1) is 12.7. The van der Waals surface area contributed by atoms with Crippen LogP contribution in [0.4, 0.5) is 0 Å². The van der Waals surface area contributed by atoms with Crippen LogP contribution in [0, 0.1) is 12.3 Å². The Morgan fingerprint density at radius 2 is 1.85 bits per heavy atom. The second-order valence-corrected chi connectivity index (χ2v) is 6.99. The van der Waals surface area contributed by atoms with Crippen LogP contribution < -0.4 is 4.74 Å². The van der Waals surface area contributed by atoms with Crippen LogP contribution in [0.2, 0.25) is 5.02 Å². The highest BCUT2D eigenvalue weighted by atomic mass is 35.5. The number of thiocarbonyl (C=S) groups is 1. The predicted octanol–water partition coefficient (Wildman–Crippen LogP) is 3.85. The van der Waals surface area contributed by atoms with E-state index in [1.165, 1.54) is 5.56 Å². The van der Waals surface area contributed by atoms with E-state index in [9.17, 15) is 0 Å². The van der Waals surface area contributed by atoms with Crippen molar-refractivity contribution < 1.29 is 4.74 Å². The Labute approximate surface area is 165 Å². The average Bonchev–Trinajstić information content (AvgIpc) is 2.68. The average molecular weight is 385 g/mol. The summed E-state index contributed by atoms with van der Waals surface area (Å²) in [6.07, 6.45) is 5.21. The van der Waals surface area contributed by atoms with Gasteiger partial charge in [0.05, 0.1) is 5.02 Å². The number of terminal acetylenes is 1. The summed E-state index contributed by atoms with van der Waals surface area (Å²) in [4.78, 5) is 5.53. The largest absolute Gasteiger partial charge is 0.479 e. The Hall–Kier alpha value is -2.06. The standard InChI is InChI=1S/C21H21ClN2OS/c1-2-14-25-20-9-8-18(15-19(20)22)21(26)24-12-10-23(11-13-24)16-17-6-4-3-5-7-17/h1,3-9,15H,10-14,16H2. The monoisotopic (exact) mass is 384 g/mol. The normalized spacial score (nSPS) is 14.7. The molecule has 1 aliphatic rings. The maximum Gasteiger partial charge on any atom is 0.148 e. The van der Waals surface area contributed by atoms with Gasteiger partial charge in [-0.2, -0.15) is 0 Å². The third-order valence-corrected chi connectivity index (χ3v) is 5.19. The fraction of sp³-hybridized carbons (Fsp3) is 0.286. The minimum Gasteiger partial charge on any atom is -0.479 e. The maximum absolute atomic E-state index is 6.28. The molecule has 0 spiro atoms. The van der Waals surface area contributed by atoms with E-state index in [1.54, 1.807) is 0 Å². The van der Waals surface area contributed by atoms with E-state index in [0.29, 0.717) is 10.8 Å². The van der Waals surface area contributed by atoms with Gasteiger partial charge in [-0.3, -0.25) is 4.90 Å². The molecule has 0 bridgehead atoms. The number of hydrogen-bond donors (Lipinski definition) is 0. The topological polar surface area (TPSA) is 15.7 Å². The van der Waals surface area contributed by atoms with E-state index >= 15 is 0 Å². The lowest BCUT2D eigenvalue weighted by molar-refractivity contribution is 0.177. The molecule has 2 aromatic carbocycles. The first-order valence-corrected chi connectivity index (χ1v) is 9.37. The summed E-state index contributed by atoms with van der Waals surface area (Å²) in [6, 6.07) is 16.2. The minimum absolute atomic E-state index is 0.201. The van der Waals surface area contributed by atoms with Gasteiger partial charge in [-0.05, 0) is 23.8 Å². The second kappa shape index (κ2) is 9.05.